The Hall–Kier alpha value is -3.22. The number of anilines is 2. The summed E-state index contributed by atoms with van der Waals surface area (Å²) in [6.07, 6.45) is -0.783. The third kappa shape index (κ3) is 4.00. The van der Waals surface area contributed by atoms with Gasteiger partial charge in [0.2, 0.25) is 0 Å². The number of hydrogen-bond donors (Lipinski definition) is 2. The SMILES string of the molecule is O=C(Nc1ccc(-n2cccc2)cc1)Nc1ccccc1C(F)(F)F. The molecule has 3 rings (SSSR count). The number of hydrogen-bond acceptors (Lipinski definition) is 1. The summed E-state index contributed by atoms with van der Waals surface area (Å²) in [4.78, 5) is 12.0. The van der Waals surface area contributed by atoms with Gasteiger partial charge in [0.25, 0.3) is 0 Å². The van der Waals surface area contributed by atoms with Gasteiger partial charge < -0.3 is 15.2 Å². The molecule has 0 saturated heterocycles. The molecule has 0 spiro atoms. The standard InChI is InChI=1S/C18H14F3N3O/c19-18(20,21)15-5-1-2-6-16(15)23-17(25)22-13-7-9-14(10-8-13)24-11-3-4-12-24/h1-12H,(H2,22,23,25). The number of alkyl halides is 3. The lowest BCUT2D eigenvalue weighted by molar-refractivity contribution is -0.136. The molecule has 0 saturated carbocycles. The number of carbonyl (C=O) groups excluding carboxylic acids is 1. The Morgan fingerprint density at radius 3 is 2.12 bits per heavy atom. The van der Waals surface area contributed by atoms with Gasteiger partial charge >= 0.3 is 12.2 Å². The van der Waals surface area contributed by atoms with E-state index in [9.17, 15) is 18.0 Å². The van der Waals surface area contributed by atoms with E-state index in [-0.39, 0.29) is 5.69 Å². The summed E-state index contributed by atoms with van der Waals surface area (Å²) in [5.74, 6) is 0. The van der Waals surface area contributed by atoms with Crippen LogP contribution in [0.5, 0.6) is 0 Å². The summed E-state index contributed by atoms with van der Waals surface area (Å²) in [5.41, 5.74) is 0.181. The van der Waals surface area contributed by atoms with Gasteiger partial charge in [0, 0.05) is 23.8 Å². The molecule has 7 heteroatoms. The lowest BCUT2D eigenvalue weighted by Gasteiger charge is -2.14. The highest BCUT2D eigenvalue weighted by molar-refractivity contribution is 6.00. The number of nitrogens with one attached hydrogen (secondary N) is 2. The minimum Gasteiger partial charge on any atom is -0.324 e. The highest BCUT2D eigenvalue weighted by Gasteiger charge is 2.33. The van der Waals surface area contributed by atoms with E-state index in [1.165, 1.54) is 18.2 Å². The number of carbonyl (C=O) groups is 1. The van der Waals surface area contributed by atoms with E-state index in [1.54, 1.807) is 24.3 Å². The van der Waals surface area contributed by atoms with Gasteiger partial charge in [-0.25, -0.2) is 4.79 Å². The summed E-state index contributed by atoms with van der Waals surface area (Å²) >= 11 is 0. The van der Waals surface area contributed by atoms with Crippen LogP contribution < -0.4 is 10.6 Å². The van der Waals surface area contributed by atoms with Crippen molar-refractivity contribution in [2.45, 2.75) is 6.18 Å². The molecule has 25 heavy (non-hydrogen) atoms. The van der Waals surface area contributed by atoms with E-state index < -0.39 is 17.8 Å². The number of urea groups is 1. The van der Waals surface area contributed by atoms with E-state index in [2.05, 4.69) is 10.6 Å². The fourth-order valence-corrected chi connectivity index (χ4v) is 2.35. The Kier molecular flexibility index (Phi) is 4.47. The van der Waals surface area contributed by atoms with Crippen LogP contribution in [0.1, 0.15) is 5.56 Å². The molecule has 2 N–H and O–H groups in total. The van der Waals surface area contributed by atoms with Gasteiger partial charge in [0.1, 0.15) is 0 Å². The minimum atomic E-state index is -4.54. The largest absolute Gasteiger partial charge is 0.418 e. The van der Waals surface area contributed by atoms with Crippen LogP contribution >= 0.6 is 0 Å². The quantitative estimate of drug-likeness (QED) is 0.678. The van der Waals surface area contributed by atoms with Crippen molar-refractivity contribution in [3.63, 3.8) is 0 Å². The van der Waals surface area contributed by atoms with E-state index in [0.29, 0.717) is 5.69 Å². The molecule has 1 heterocycles. The molecule has 0 bridgehead atoms. The number of aromatic nitrogens is 1. The molecule has 4 nitrogen and oxygen atoms in total. The number of rotatable bonds is 3. The lowest BCUT2D eigenvalue weighted by atomic mass is 10.1. The zero-order valence-electron chi connectivity index (χ0n) is 12.9. The molecule has 3 aromatic rings. The van der Waals surface area contributed by atoms with E-state index >= 15 is 0 Å². The zero-order chi connectivity index (χ0) is 17.9. The molecule has 0 aliphatic heterocycles. The first kappa shape index (κ1) is 16.6. The topological polar surface area (TPSA) is 46.1 Å². The van der Waals surface area contributed by atoms with Gasteiger partial charge in [-0.3, -0.25) is 0 Å². The third-order valence-electron chi connectivity index (χ3n) is 3.51. The molecule has 0 unspecified atom stereocenters. The van der Waals surface area contributed by atoms with Crippen molar-refractivity contribution in [1.82, 2.24) is 4.57 Å². The van der Waals surface area contributed by atoms with Crippen molar-refractivity contribution in [3.8, 4) is 5.69 Å². The molecular formula is C18H14F3N3O. The summed E-state index contributed by atoms with van der Waals surface area (Å²) in [6.45, 7) is 0. The van der Waals surface area contributed by atoms with Gasteiger partial charge in [-0.15, -0.1) is 0 Å². The molecule has 128 valence electrons. The van der Waals surface area contributed by atoms with Crippen LogP contribution in [0.15, 0.2) is 73.1 Å². The summed E-state index contributed by atoms with van der Waals surface area (Å²) in [7, 11) is 0. The molecule has 0 aliphatic carbocycles. The van der Waals surface area contributed by atoms with Crippen molar-refractivity contribution in [3.05, 3.63) is 78.6 Å². The Balaban J connectivity index is 1.69. The van der Waals surface area contributed by atoms with Crippen LogP contribution in [-0.2, 0) is 6.18 Å². The minimum absolute atomic E-state index is 0.295. The number of para-hydroxylation sites is 1. The van der Waals surface area contributed by atoms with Gasteiger partial charge in [0.05, 0.1) is 11.3 Å². The highest BCUT2D eigenvalue weighted by atomic mass is 19.4. The van der Waals surface area contributed by atoms with Gasteiger partial charge in [-0.1, -0.05) is 12.1 Å². The van der Waals surface area contributed by atoms with Crippen molar-refractivity contribution >= 4 is 17.4 Å². The predicted octanol–water partition coefficient (Wildman–Crippen LogP) is 5.14. The lowest BCUT2D eigenvalue weighted by Crippen LogP contribution is -2.21. The van der Waals surface area contributed by atoms with Crippen LogP contribution in [0.4, 0.5) is 29.3 Å². The Labute approximate surface area is 141 Å². The number of nitrogens with zero attached hydrogens (tertiary/aromatic N) is 1. The molecule has 0 radical (unpaired) electrons. The Morgan fingerprint density at radius 1 is 0.840 bits per heavy atom. The predicted molar refractivity (Wildman–Crippen MR) is 89.9 cm³/mol. The average molecular weight is 345 g/mol. The first-order valence-corrected chi connectivity index (χ1v) is 7.41. The van der Waals surface area contributed by atoms with Crippen molar-refractivity contribution in [2.75, 3.05) is 10.6 Å². The average Bonchev–Trinajstić information content (AvgIpc) is 3.09. The molecule has 0 fully saturated rings. The van der Waals surface area contributed by atoms with Crippen LogP contribution in [-0.4, -0.2) is 10.6 Å². The molecule has 0 atom stereocenters. The van der Waals surface area contributed by atoms with Crippen LogP contribution in [0, 0.1) is 0 Å². The third-order valence-corrected chi connectivity index (χ3v) is 3.51. The summed E-state index contributed by atoms with van der Waals surface area (Å²) in [5, 5.41) is 4.75. The smallest absolute Gasteiger partial charge is 0.324 e. The molecule has 2 aromatic carbocycles. The number of halogens is 3. The Bertz CT molecular complexity index is 856. The van der Waals surface area contributed by atoms with Crippen molar-refractivity contribution in [1.29, 1.82) is 0 Å². The second kappa shape index (κ2) is 6.72. The maximum atomic E-state index is 12.9. The molecule has 1 aromatic heterocycles. The second-order valence-electron chi connectivity index (χ2n) is 5.26. The zero-order valence-corrected chi connectivity index (χ0v) is 12.9. The van der Waals surface area contributed by atoms with Crippen molar-refractivity contribution in [2.24, 2.45) is 0 Å². The van der Waals surface area contributed by atoms with Crippen molar-refractivity contribution < 1.29 is 18.0 Å². The molecule has 0 aliphatic rings. The summed E-state index contributed by atoms with van der Waals surface area (Å²) < 4.78 is 40.7. The molecule has 2 amide bonds. The fraction of sp³-hybridized carbons (Fsp3) is 0.0556. The van der Waals surface area contributed by atoms with Crippen LogP contribution in [0.2, 0.25) is 0 Å². The summed E-state index contributed by atoms with van der Waals surface area (Å²) in [6, 6.07) is 14.8. The van der Waals surface area contributed by atoms with E-state index in [4.69, 9.17) is 0 Å². The second-order valence-corrected chi connectivity index (χ2v) is 5.26. The monoisotopic (exact) mass is 345 g/mol. The normalized spacial score (nSPS) is 11.2. The number of amides is 2. The maximum Gasteiger partial charge on any atom is 0.418 e. The van der Waals surface area contributed by atoms with Crippen LogP contribution in [0.25, 0.3) is 5.69 Å². The first-order chi connectivity index (χ1) is 11.9. The van der Waals surface area contributed by atoms with Gasteiger partial charge in [-0.05, 0) is 48.5 Å². The van der Waals surface area contributed by atoms with E-state index in [1.807, 2.05) is 29.1 Å². The highest BCUT2D eigenvalue weighted by Crippen LogP contribution is 2.34. The van der Waals surface area contributed by atoms with Crippen LogP contribution in [0.3, 0.4) is 0 Å². The fourth-order valence-electron chi connectivity index (χ4n) is 2.35. The van der Waals surface area contributed by atoms with Gasteiger partial charge in [-0.2, -0.15) is 13.2 Å². The molecular weight excluding hydrogens is 331 g/mol. The maximum absolute atomic E-state index is 12.9. The van der Waals surface area contributed by atoms with Gasteiger partial charge in [0.15, 0.2) is 0 Å². The number of benzene rings is 2. The Morgan fingerprint density at radius 2 is 1.48 bits per heavy atom. The first-order valence-electron chi connectivity index (χ1n) is 7.41. The van der Waals surface area contributed by atoms with E-state index in [0.717, 1.165) is 11.8 Å².